The Kier molecular flexibility index (Phi) is 4.00. The van der Waals surface area contributed by atoms with Gasteiger partial charge in [-0.1, -0.05) is 6.92 Å². The van der Waals surface area contributed by atoms with Gasteiger partial charge in [-0.15, -0.1) is 0 Å². The highest BCUT2D eigenvalue weighted by Crippen LogP contribution is 1.90. The molecule has 0 saturated carbocycles. The Bertz CT molecular complexity index is 94.2. The monoisotopic (exact) mass is 133 g/mol. The first-order valence-corrected chi connectivity index (χ1v) is 2.78. The number of rotatable bonds is 3. The fraction of sp³-hybridized carbons (Fsp3) is 0.800. The van der Waals surface area contributed by atoms with Gasteiger partial charge >= 0.3 is 5.97 Å². The van der Waals surface area contributed by atoms with E-state index in [-0.39, 0.29) is 6.54 Å². The van der Waals surface area contributed by atoms with Gasteiger partial charge in [0, 0.05) is 6.42 Å². The largest absolute Gasteiger partial charge is 0.435 e. The summed E-state index contributed by atoms with van der Waals surface area (Å²) in [4.78, 5) is 10.3. The lowest BCUT2D eigenvalue weighted by Gasteiger charge is -2.07. The maximum atomic E-state index is 10.3. The number of carbonyl (C=O) groups excluding carboxylic acids is 1. The van der Waals surface area contributed by atoms with Crippen LogP contribution in [0.3, 0.4) is 0 Å². The molecule has 0 aromatic heterocycles. The van der Waals surface area contributed by atoms with Gasteiger partial charge < -0.3 is 15.6 Å². The summed E-state index contributed by atoms with van der Waals surface area (Å²) in [6, 6.07) is 0. The van der Waals surface area contributed by atoms with E-state index in [1.54, 1.807) is 6.92 Å². The van der Waals surface area contributed by atoms with Crippen LogP contribution in [0.1, 0.15) is 13.3 Å². The number of nitrogens with two attached hydrogens (primary N) is 1. The minimum Gasteiger partial charge on any atom is -0.435 e. The Labute approximate surface area is 53.6 Å². The first-order valence-electron chi connectivity index (χ1n) is 2.78. The van der Waals surface area contributed by atoms with Gasteiger partial charge in [-0.2, -0.15) is 0 Å². The van der Waals surface area contributed by atoms with E-state index < -0.39 is 12.3 Å². The van der Waals surface area contributed by atoms with Crippen LogP contribution in [0, 0.1) is 0 Å². The first-order chi connectivity index (χ1) is 4.20. The first kappa shape index (κ1) is 8.39. The molecule has 1 atom stereocenters. The van der Waals surface area contributed by atoms with Crippen molar-refractivity contribution in [2.45, 2.75) is 19.6 Å². The standard InChI is InChI=1S/C5H11NO3/c1-2-4(7)9-5(8)3-6/h4,7H,2-3,6H2,1H3. The molecule has 4 heteroatoms. The molecular weight excluding hydrogens is 122 g/mol. The number of hydrogen-bond donors (Lipinski definition) is 2. The zero-order valence-electron chi connectivity index (χ0n) is 5.33. The van der Waals surface area contributed by atoms with Crippen molar-refractivity contribution in [3.05, 3.63) is 0 Å². The van der Waals surface area contributed by atoms with Crippen LogP contribution in [0.15, 0.2) is 0 Å². The van der Waals surface area contributed by atoms with Crippen LogP contribution in [0.25, 0.3) is 0 Å². The van der Waals surface area contributed by atoms with E-state index >= 15 is 0 Å². The fourth-order valence-electron chi connectivity index (χ4n) is 0.283. The maximum absolute atomic E-state index is 10.3. The van der Waals surface area contributed by atoms with Crippen molar-refractivity contribution in [2.75, 3.05) is 6.54 Å². The molecule has 0 aliphatic carbocycles. The van der Waals surface area contributed by atoms with E-state index in [0.29, 0.717) is 6.42 Å². The summed E-state index contributed by atoms with van der Waals surface area (Å²) in [5, 5.41) is 8.66. The van der Waals surface area contributed by atoms with Crippen LogP contribution < -0.4 is 5.73 Å². The van der Waals surface area contributed by atoms with Crippen molar-refractivity contribution in [3.8, 4) is 0 Å². The molecule has 9 heavy (non-hydrogen) atoms. The fourth-order valence-corrected chi connectivity index (χ4v) is 0.283. The molecule has 1 unspecified atom stereocenters. The second-order valence-corrected chi connectivity index (χ2v) is 1.56. The van der Waals surface area contributed by atoms with Crippen LogP contribution in [0.4, 0.5) is 0 Å². The van der Waals surface area contributed by atoms with Gasteiger partial charge in [-0.25, -0.2) is 0 Å². The molecule has 0 amide bonds. The second kappa shape index (κ2) is 4.29. The molecule has 54 valence electrons. The Morgan fingerprint density at radius 1 is 1.89 bits per heavy atom. The molecule has 0 radical (unpaired) electrons. The molecule has 0 aliphatic rings. The van der Waals surface area contributed by atoms with Crippen molar-refractivity contribution in [1.82, 2.24) is 0 Å². The lowest BCUT2D eigenvalue weighted by Crippen LogP contribution is -2.23. The highest BCUT2D eigenvalue weighted by molar-refractivity contribution is 5.71. The number of esters is 1. The topological polar surface area (TPSA) is 72.5 Å². The Balaban J connectivity index is 3.34. The van der Waals surface area contributed by atoms with Gasteiger partial charge in [-0.05, 0) is 0 Å². The summed E-state index contributed by atoms with van der Waals surface area (Å²) in [5.41, 5.74) is 4.89. The van der Waals surface area contributed by atoms with Crippen LogP contribution >= 0.6 is 0 Å². The average molecular weight is 133 g/mol. The van der Waals surface area contributed by atoms with E-state index in [2.05, 4.69) is 4.74 Å². The van der Waals surface area contributed by atoms with Crippen molar-refractivity contribution in [3.63, 3.8) is 0 Å². The summed E-state index contributed by atoms with van der Waals surface area (Å²) >= 11 is 0. The van der Waals surface area contributed by atoms with Crippen molar-refractivity contribution in [2.24, 2.45) is 5.73 Å². The minimum absolute atomic E-state index is 0.183. The Morgan fingerprint density at radius 3 is 2.78 bits per heavy atom. The van der Waals surface area contributed by atoms with Crippen LogP contribution in [0.5, 0.6) is 0 Å². The van der Waals surface area contributed by atoms with Gasteiger partial charge in [0.25, 0.3) is 0 Å². The zero-order chi connectivity index (χ0) is 7.28. The molecule has 0 bridgehead atoms. The second-order valence-electron chi connectivity index (χ2n) is 1.56. The molecule has 0 fully saturated rings. The summed E-state index contributed by atoms with van der Waals surface area (Å²) in [7, 11) is 0. The summed E-state index contributed by atoms with van der Waals surface area (Å²) < 4.78 is 4.34. The van der Waals surface area contributed by atoms with Crippen LogP contribution in [-0.4, -0.2) is 23.9 Å². The third-order valence-corrected chi connectivity index (χ3v) is 0.783. The maximum Gasteiger partial charge on any atom is 0.321 e. The Hall–Kier alpha value is -0.610. The molecule has 0 aliphatic heterocycles. The number of aliphatic hydroxyl groups excluding tert-OH is 1. The minimum atomic E-state index is -0.999. The number of aliphatic hydroxyl groups is 1. The summed E-state index contributed by atoms with van der Waals surface area (Å²) in [5.74, 6) is -0.579. The predicted molar refractivity (Wildman–Crippen MR) is 31.4 cm³/mol. The van der Waals surface area contributed by atoms with Gasteiger partial charge in [0.1, 0.15) is 0 Å². The van der Waals surface area contributed by atoms with Crippen molar-refractivity contribution < 1.29 is 14.6 Å². The van der Waals surface area contributed by atoms with E-state index in [1.807, 2.05) is 0 Å². The summed E-state index contributed by atoms with van der Waals surface area (Å²) in [6.45, 7) is 1.52. The molecule has 0 heterocycles. The highest BCUT2D eigenvalue weighted by atomic mass is 16.6. The lowest BCUT2D eigenvalue weighted by atomic mass is 10.5. The van der Waals surface area contributed by atoms with Gasteiger partial charge in [-0.3, -0.25) is 4.79 Å². The average Bonchev–Trinajstić information content (AvgIpc) is 1.87. The molecule has 4 nitrogen and oxygen atoms in total. The number of ether oxygens (including phenoxy) is 1. The van der Waals surface area contributed by atoms with Crippen molar-refractivity contribution in [1.29, 1.82) is 0 Å². The van der Waals surface area contributed by atoms with E-state index in [1.165, 1.54) is 0 Å². The predicted octanol–water partition coefficient (Wildman–Crippen LogP) is -0.783. The molecule has 0 aromatic carbocycles. The van der Waals surface area contributed by atoms with Crippen LogP contribution in [0.2, 0.25) is 0 Å². The molecule has 0 aromatic rings. The number of hydrogen-bond acceptors (Lipinski definition) is 4. The molecule has 3 N–H and O–H groups in total. The molecule has 0 saturated heterocycles. The van der Waals surface area contributed by atoms with Crippen molar-refractivity contribution >= 4 is 5.97 Å². The molecule has 0 rings (SSSR count). The third-order valence-electron chi connectivity index (χ3n) is 0.783. The van der Waals surface area contributed by atoms with Gasteiger partial charge in [0.2, 0.25) is 0 Å². The molecule has 0 spiro atoms. The Morgan fingerprint density at radius 2 is 2.44 bits per heavy atom. The quantitative estimate of drug-likeness (QED) is 0.391. The van der Waals surface area contributed by atoms with Gasteiger partial charge in [0.15, 0.2) is 6.29 Å². The highest BCUT2D eigenvalue weighted by Gasteiger charge is 2.04. The summed E-state index contributed by atoms with van der Waals surface area (Å²) in [6.07, 6.45) is -0.604. The van der Waals surface area contributed by atoms with Crippen LogP contribution in [-0.2, 0) is 9.53 Å². The number of carbonyl (C=O) groups is 1. The van der Waals surface area contributed by atoms with E-state index in [0.717, 1.165) is 0 Å². The SMILES string of the molecule is CCC(O)OC(=O)CN. The van der Waals surface area contributed by atoms with Gasteiger partial charge in [0.05, 0.1) is 6.54 Å². The zero-order valence-corrected chi connectivity index (χ0v) is 5.33. The van der Waals surface area contributed by atoms with E-state index in [9.17, 15) is 4.79 Å². The lowest BCUT2D eigenvalue weighted by molar-refractivity contribution is -0.166. The van der Waals surface area contributed by atoms with E-state index in [4.69, 9.17) is 10.8 Å². The smallest absolute Gasteiger partial charge is 0.321 e. The third kappa shape index (κ3) is 3.93. The normalized spacial score (nSPS) is 12.8. The molecular formula is C5H11NO3.